The van der Waals surface area contributed by atoms with Gasteiger partial charge in [0, 0.05) is 5.56 Å². The van der Waals surface area contributed by atoms with Crippen LogP contribution in [0.5, 0.6) is 0 Å². The van der Waals surface area contributed by atoms with Gasteiger partial charge in [0.15, 0.2) is 0 Å². The molecule has 2 aromatic carbocycles. The highest BCUT2D eigenvalue weighted by molar-refractivity contribution is 6.33. The van der Waals surface area contributed by atoms with Gasteiger partial charge in [-0.15, -0.1) is 0 Å². The van der Waals surface area contributed by atoms with Crippen molar-refractivity contribution in [2.75, 3.05) is 5.73 Å². The van der Waals surface area contributed by atoms with E-state index in [2.05, 4.69) is 0 Å². The lowest BCUT2D eigenvalue weighted by molar-refractivity contribution is 0.628. The molecule has 0 heterocycles. The first-order valence-electron chi connectivity index (χ1n) is 4.48. The molecule has 0 amide bonds. The van der Waals surface area contributed by atoms with Crippen molar-refractivity contribution in [2.45, 2.75) is 0 Å². The number of benzene rings is 2. The molecular weight excluding hydrogens is 213 g/mol. The summed E-state index contributed by atoms with van der Waals surface area (Å²) in [6, 6.07) is 11.6. The topological polar surface area (TPSA) is 26.0 Å². The summed E-state index contributed by atoms with van der Waals surface area (Å²) >= 11 is 5.90. The zero-order valence-corrected chi connectivity index (χ0v) is 8.63. The van der Waals surface area contributed by atoms with Crippen molar-refractivity contribution in [1.82, 2.24) is 0 Å². The Hall–Kier alpha value is -1.54. The van der Waals surface area contributed by atoms with Crippen molar-refractivity contribution in [3.8, 4) is 11.1 Å². The fourth-order valence-corrected chi connectivity index (χ4v) is 1.59. The summed E-state index contributed by atoms with van der Waals surface area (Å²) in [5.74, 6) is -0.264. The molecule has 3 heteroatoms. The third kappa shape index (κ3) is 1.95. The Morgan fingerprint density at radius 3 is 2.33 bits per heavy atom. The van der Waals surface area contributed by atoms with Crippen molar-refractivity contribution >= 4 is 17.3 Å². The average molecular weight is 222 g/mol. The number of halogens is 2. The number of hydrogen-bond donors (Lipinski definition) is 1. The maximum absolute atomic E-state index is 12.7. The van der Waals surface area contributed by atoms with Crippen molar-refractivity contribution < 1.29 is 4.39 Å². The second-order valence-corrected chi connectivity index (χ2v) is 3.62. The molecule has 2 rings (SSSR count). The molecule has 0 fully saturated rings. The molecule has 0 saturated carbocycles. The Balaban J connectivity index is 2.54. The Morgan fingerprint density at radius 1 is 1.00 bits per heavy atom. The van der Waals surface area contributed by atoms with Crippen LogP contribution >= 0.6 is 11.6 Å². The Bertz CT molecular complexity index is 479. The molecule has 0 atom stereocenters. The molecule has 0 aliphatic rings. The van der Waals surface area contributed by atoms with Gasteiger partial charge in [-0.05, 0) is 23.8 Å². The minimum atomic E-state index is -0.264. The van der Waals surface area contributed by atoms with Crippen LogP contribution in [0, 0.1) is 5.82 Å². The third-order valence-electron chi connectivity index (χ3n) is 2.21. The van der Waals surface area contributed by atoms with Gasteiger partial charge in [0.25, 0.3) is 0 Å². The summed E-state index contributed by atoms with van der Waals surface area (Å²) in [6.45, 7) is 0. The van der Waals surface area contributed by atoms with Crippen LogP contribution in [0.2, 0.25) is 5.02 Å². The van der Waals surface area contributed by atoms with E-state index in [1.54, 1.807) is 18.2 Å². The van der Waals surface area contributed by atoms with Crippen molar-refractivity contribution in [1.29, 1.82) is 0 Å². The molecule has 2 N–H and O–H groups in total. The van der Waals surface area contributed by atoms with E-state index in [4.69, 9.17) is 17.3 Å². The number of nitrogen functional groups attached to an aromatic ring is 1. The monoisotopic (exact) mass is 221 g/mol. The second-order valence-electron chi connectivity index (χ2n) is 3.21. The average Bonchev–Trinajstić information content (AvgIpc) is 2.24. The lowest BCUT2D eigenvalue weighted by atomic mass is 10.0. The summed E-state index contributed by atoms with van der Waals surface area (Å²) in [6.07, 6.45) is 0. The minimum absolute atomic E-state index is 0.264. The maximum Gasteiger partial charge on any atom is 0.123 e. The Kier molecular flexibility index (Phi) is 2.60. The molecule has 76 valence electrons. The van der Waals surface area contributed by atoms with Gasteiger partial charge < -0.3 is 5.73 Å². The summed E-state index contributed by atoms with van der Waals surface area (Å²) in [7, 11) is 0. The number of rotatable bonds is 1. The van der Waals surface area contributed by atoms with Crippen LogP contribution in [0.1, 0.15) is 0 Å². The smallest absolute Gasteiger partial charge is 0.123 e. The highest BCUT2D eigenvalue weighted by Crippen LogP contribution is 2.31. The van der Waals surface area contributed by atoms with Crippen LogP contribution in [0.3, 0.4) is 0 Å². The molecule has 0 aliphatic carbocycles. The zero-order valence-electron chi connectivity index (χ0n) is 7.87. The predicted molar refractivity (Wildman–Crippen MR) is 61.3 cm³/mol. The van der Waals surface area contributed by atoms with Gasteiger partial charge in [0.2, 0.25) is 0 Å². The van der Waals surface area contributed by atoms with Crippen LogP contribution in [0.15, 0.2) is 42.5 Å². The number of anilines is 1. The molecule has 15 heavy (non-hydrogen) atoms. The summed E-state index contributed by atoms with van der Waals surface area (Å²) in [4.78, 5) is 0. The van der Waals surface area contributed by atoms with E-state index in [1.807, 2.05) is 12.1 Å². The normalized spacial score (nSPS) is 10.3. The fraction of sp³-hybridized carbons (Fsp3) is 0. The van der Waals surface area contributed by atoms with Crippen LogP contribution in [-0.2, 0) is 0 Å². The molecular formula is C12H9ClFN. The molecule has 0 spiro atoms. The van der Waals surface area contributed by atoms with E-state index >= 15 is 0 Å². The van der Waals surface area contributed by atoms with Gasteiger partial charge in [0.05, 0.1) is 10.7 Å². The molecule has 0 bridgehead atoms. The summed E-state index contributed by atoms with van der Waals surface area (Å²) in [5.41, 5.74) is 8.03. The largest absolute Gasteiger partial charge is 0.397 e. The number of hydrogen-bond acceptors (Lipinski definition) is 1. The molecule has 0 aromatic heterocycles. The molecule has 1 nitrogen and oxygen atoms in total. The minimum Gasteiger partial charge on any atom is -0.397 e. The van der Waals surface area contributed by atoms with Crippen LogP contribution < -0.4 is 5.73 Å². The van der Waals surface area contributed by atoms with E-state index < -0.39 is 0 Å². The maximum atomic E-state index is 12.7. The molecule has 0 unspecified atom stereocenters. The van der Waals surface area contributed by atoms with E-state index in [0.29, 0.717) is 10.7 Å². The molecule has 2 aromatic rings. The van der Waals surface area contributed by atoms with Gasteiger partial charge in [-0.2, -0.15) is 0 Å². The van der Waals surface area contributed by atoms with E-state index in [1.165, 1.54) is 12.1 Å². The molecule has 0 saturated heterocycles. The first kappa shape index (κ1) is 9.99. The molecule has 0 radical (unpaired) electrons. The number of para-hydroxylation sites is 1. The van der Waals surface area contributed by atoms with Gasteiger partial charge in [-0.1, -0.05) is 35.9 Å². The predicted octanol–water partition coefficient (Wildman–Crippen LogP) is 3.73. The molecule has 0 aliphatic heterocycles. The fourth-order valence-electron chi connectivity index (χ4n) is 1.42. The standard InChI is InChI=1S/C12H9ClFN/c13-11-3-1-2-10(12(11)15)8-4-6-9(14)7-5-8/h1-7H,15H2. The van der Waals surface area contributed by atoms with Crippen LogP contribution in [0.4, 0.5) is 10.1 Å². The first-order valence-corrected chi connectivity index (χ1v) is 4.86. The zero-order chi connectivity index (χ0) is 10.8. The van der Waals surface area contributed by atoms with Crippen molar-refractivity contribution in [3.63, 3.8) is 0 Å². The summed E-state index contributed by atoms with van der Waals surface area (Å²) in [5, 5.41) is 0.511. The van der Waals surface area contributed by atoms with Crippen molar-refractivity contribution in [3.05, 3.63) is 53.3 Å². The van der Waals surface area contributed by atoms with Gasteiger partial charge >= 0.3 is 0 Å². The third-order valence-corrected chi connectivity index (χ3v) is 2.54. The quantitative estimate of drug-likeness (QED) is 0.730. The number of nitrogens with two attached hydrogens (primary N) is 1. The summed E-state index contributed by atoms with van der Waals surface area (Å²) < 4.78 is 12.7. The van der Waals surface area contributed by atoms with Crippen LogP contribution in [-0.4, -0.2) is 0 Å². The van der Waals surface area contributed by atoms with Gasteiger partial charge in [-0.3, -0.25) is 0 Å². The highest BCUT2D eigenvalue weighted by Gasteiger charge is 2.05. The second kappa shape index (κ2) is 3.91. The Morgan fingerprint density at radius 2 is 1.67 bits per heavy atom. The van der Waals surface area contributed by atoms with Crippen molar-refractivity contribution in [2.24, 2.45) is 0 Å². The lowest BCUT2D eigenvalue weighted by Crippen LogP contribution is -1.90. The van der Waals surface area contributed by atoms with E-state index in [9.17, 15) is 4.39 Å². The lowest BCUT2D eigenvalue weighted by Gasteiger charge is -2.06. The SMILES string of the molecule is Nc1c(Cl)cccc1-c1ccc(F)cc1. The van der Waals surface area contributed by atoms with Gasteiger partial charge in [-0.25, -0.2) is 4.39 Å². The van der Waals surface area contributed by atoms with Crippen LogP contribution in [0.25, 0.3) is 11.1 Å². The van der Waals surface area contributed by atoms with E-state index in [-0.39, 0.29) is 5.82 Å². The van der Waals surface area contributed by atoms with E-state index in [0.717, 1.165) is 11.1 Å². The first-order chi connectivity index (χ1) is 7.18. The van der Waals surface area contributed by atoms with Gasteiger partial charge in [0.1, 0.15) is 5.82 Å². The Labute approximate surface area is 92.3 Å². The highest BCUT2D eigenvalue weighted by atomic mass is 35.5.